The van der Waals surface area contributed by atoms with Crippen molar-refractivity contribution >= 4 is 0 Å². The van der Waals surface area contributed by atoms with Gasteiger partial charge in [-0.05, 0) is 38.5 Å². The fourth-order valence-electron chi connectivity index (χ4n) is 3.47. The van der Waals surface area contributed by atoms with E-state index >= 15 is 0 Å². The Kier molecular flexibility index (Phi) is 6.01. The lowest BCUT2D eigenvalue weighted by molar-refractivity contribution is 0.0761. The summed E-state index contributed by atoms with van der Waals surface area (Å²) >= 11 is 0. The monoisotopic (exact) mass is 368 g/mol. The summed E-state index contributed by atoms with van der Waals surface area (Å²) in [7, 11) is 1.78. The molecule has 0 spiro atoms. The Morgan fingerprint density at radius 2 is 2.04 bits per heavy atom. The van der Waals surface area contributed by atoms with Crippen LogP contribution in [0.1, 0.15) is 36.4 Å². The second-order valence-electron chi connectivity index (χ2n) is 7.87. The lowest BCUT2D eigenvalue weighted by Crippen LogP contribution is -2.23. The number of aliphatic hydroxyl groups is 1. The second-order valence-corrected chi connectivity index (χ2v) is 7.87. The van der Waals surface area contributed by atoms with Gasteiger partial charge in [0.1, 0.15) is 11.4 Å². The molecule has 0 unspecified atom stereocenters. The molecule has 2 aromatic rings. The van der Waals surface area contributed by atoms with Crippen LogP contribution in [0.4, 0.5) is 0 Å². The molecule has 0 radical (unpaired) electrons. The first-order chi connectivity index (χ1) is 12.8. The molecule has 0 saturated carbocycles. The van der Waals surface area contributed by atoms with Gasteiger partial charge in [-0.1, -0.05) is 29.1 Å². The zero-order valence-electron chi connectivity index (χ0n) is 16.5. The van der Waals surface area contributed by atoms with Crippen LogP contribution in [-0.4, -0.2) is 47.1 Å². The molecule has 27 heavy (non-hydrogen) atoms. The first-order valence-electron chi connectivity index (χ1n) is 9.34. The standard InChI is InChI=1S/C22H28N2O3/c1-16-11-20(27-23-16)12-19-14-24(15-21(19)26-4)13-18-7-5-17(6-8-18)9-10-22(2,3)25/h5-8,11,19,21,25H,12-15H2,1-4H3/t19-,21+/m1/s1. The van der Waals surface area contributed by atoms with E-state index in [2.05, 4.69) is 34.0 Å². The van der Waals surface area contributed by atoms with Gasteiger partial charge in [0.05, 0.1) is 11.8 Å². The van der Waals surface area contributed by atoms with E-state index in [0.29, 0.717) is 5.92 Å². The fourth-order valence-corrected chi connectivity index (χ4v) is 3.47. The van der Waals surface area contributed by atoms with Gasteiger partial charge in [0.15, 0.2) is 0 Å². The van der Waals surface area contributed by atoms with E-state index in [9.17, 15) is 5.11 Å². The van der Waals surface area contributed by atoms with Crippen LogP contribution in [0.5, 0.6) is 0 Å². The number of hydrogen-bond acceptors (Lipinski definition) is 5. The third-order valence-electron chi connectivity index (χ3n) is 4.77. The number of aryl methyl sites for hydroxylation is 1. The van der Waals surface area contributed by atoms with Gasteiger partial charge < -0.3 is 14.4 Å². The van der Waals surface area contributed by atoms with Crippen LogP contribution < -0.4 is 0 Å². The molecule has 1 N–H and O–H groups in total. The van der Waals surface area contributed by atoms with Crippen molar-refractivity contribution in [2.75, 3.05) is 20.2 Å². The summed E-state index contributed by atoms with van der Waals surface area (Å²) in [5.41, 5.74) is 2.10. The highest BCUT2D eigenvalue weighted by Gasteiger charge is 2.33. The molecule has 1 saturated heterocycles. The summed E-state index contributed by atoms with van der Waals surface area (Å²) in [4.78, 5) is 2.42. The van der Waals surface area contributed by atoms with Crippen molar-refractivity contribution in [1.29, 1.82) is 0 Å². The van der Waals surface area contributed by atoms with Gasteiger partial charge in [0, 0.05) is 50.7 Å². The van der Waals surface area contributed by atoms with Gasteiger partial charge in [0.2, 0.25) is 0 Å². The number of nitrogens with zero attached hydrogens (tertiary/aromatic N) is 2. The van der Waals surface area contributed by atoms with Crippen LogP contribution in [0, 0.1) is 24.7 Å². The van der Waals surface area contributed by atoms with Gasteiger partial charge in [-0.2, -0.15) is 0 Å². The van der Waals surface area contributed by atoms with Gasteiger partial charge in [-0.15, -0.1) is 0 Å². The Morgan fingerprint density at radius 1 is 1.30 bits per heavy atom. The molecule has 5 nitrogen and oxygen atoms in total. The SMILES string of the molecule is CO[C@H]1CN(Cc2ccc(C#CC(C)(C)O)cc2)C[C@H]1Cc1cc(C)no1. The third-order valence-corrected chi connectivity index (χ3v) is 4.77. The molecule has 1 fully saturated rings. The highest BCUT2D eigenvalue weighted by molar-refractivity contribution is 5.37. The summed E-state index contributed by atoms with van der Waals surface area (Å²) in [6.45, 7) is 8.07. The van der Waals surface area contributed by atoms with Crippen molar-refractivity contribution in [3.8, 4) is 11.8 Å². The zero-order chi connectivity index (χ0) is 19.4. The van der Waals surface area contributed by atoms with Crippen molar-refractivity contribution in [3.63, 3.8) is 0 Å². The summed E-state index contributed by atoms with van der Waals surface area (Å²) in [6.07, 6.45) is 1.05. The molecule has 2 atom stereocenters. The number of benzene rings is 1. The minimum atomic E-state index is -0.972. The average Bonchev–Trinajstić information content (AvgIpc) is 3.19. The molecule has 1 aliphatic heterocycles. The maximum absolute atomic E-state index is 9.70. The molecule has 0 bridgehead atoms. The Morgan fingerprint density at radius 3 is 2.63 bits per heavy atom. The van der Waals surface area contributed by atoms with Gasteiger partial charge in [0.25, 0.3) is 0 Å². The first-order valence-corrected chi connectivity index (χ1v) is 9.34. The quantitative estimate of drug-likeness (QED) is 0.823. The number of methoxy groups -OCH3 is 1. The third kappa shape index (κ3) is 5.67. The normalized spacial score (nSPS) is 20.5. The maximum Gasteiger partial charge on any atom is 0.137 e. The highest BCUT2D eigenvalue weighted by Crippen LogP contribution is 2.25. The Hall–Kier alpha value is -2.13. The number of likely N-dealkylation sites (tertiary alicyclic amines) is 1. The summed E-state index contributed by atoms with van der Waals surface area (Å²) < 4.78 is 11.1. The molecular formula is C22H28N2O3. The first kappa shape index (κ1) is 19.6. The molecule has 2 heterocycles. The van der Waals surface area contributed by atoms with Gasteiger partial charge in [-0.25, -0.2) is 0 Å². The van der Waals surface area contributed by atoms with E-state index in [4.69, 9.17) is 9.26 Å². The van der Waals surface area contributed by atoms with Gasteiger partial charge in [-0.3, -0.25) is 4.90 Å². The van der Waals surface area contributed by atoms with Crippen LogP contribution in [0.15, 0.2) is 34.9 Å². The lowest BCUT2D eigenvalue weighted by atomic mass is 10.0. The van der Waals surface area contributed by atoms with E-state index < -0.39 is 5.60 Å². The van der Waals surface area contributed by atoms with Crippen molar-refractivity contribution in [1.82, 2.24) is 10.1 Å². The van der Waals surface area contributed by atoms with E-state index in [-0.39, 0.29) is 6.10 Å². The van der Waals surface area contributed by atoms with Crippen molar-refractivity contribution < 1.29 is 14.4 Å². The lowest BCUT2D eigenvalue weighted by Gasteiger charge is -2.15. The Bertz CT molecular complexity index is 809. The molecule has 3 rings (SSSR count). The average molecular weight is 368 g/mol. The summed E-state index contributed by atoms with van der Waals surface area (Å²) in [5.74, 6) is 7.18. The summed E-state index contributed by atoms with van der Waals surface area (Å²) in [6, 6.07) is 10.2. The molecule has 1 aromatic carbocycles. The minimum Gasteiger partial charge on any atom is -0.380 e. The molecular weight excluding hydrogens is 340 g/mol. The van der Waals surface area contributed by atoms with Crippen LogP contribution in [0.25, 0.3) is 0 Å². The largest absolute Gasteiger partial charge is 0.380 e. The van der Waals surface area contributed by atoms with Crippen LogP contribution in [0.2, 0.25) is 0 Å². The van der Waals surface area contributed by atoms with Crippen LogP contribution in [-0.2, 0) is 17.7 Å². The van der Waals surface area contributed by atoms with E-state index in [1.807, 2.05) is 25.1 Å². The number of aromatic nitrogens is 1. The van der Waals surface area contributed by atoms with Crippen LogP contribution >= 0.6 is 0 Å². The smallest absolute Gasteiger partial charge is 0.137 e. The van der Waals surface area contributed by atoms with Crippen molar-refractivity contribution in [3.05, 3.63) is 52.9 Å². The predicted octanol–water partition coefficient (Wildman–Crippen LogP) is 2.79. The van der Waals surface area contributed by atoms with Crippen LogP contribution in [0.3, 0.4) is 0 Å². The predicted molar refractivity (Wildman–Crippen MR) is 104 cm³/mol. The number of rotatable bonds is 5. The fraction of sp³-hybridized carbons (Fsp3) is 0.500. The van der Waals surface area contributed by atoms with E-state index in [1.165, 1.54) is 5.56 Å². The number of ether oxygens (including phenoxy) is 1. The van der Waals surface area contributed by atoms with Crippen molar-refractivity contribution in [2.24, 2.45) is 5.92 Å². The van der Waals surface area contributed by atoms with E-state index in [1.54, 1.807) is 21.0 Å². The highest BCUT2D eigenvalue weighted by atomic mass is 16.5. The molecule has 1 aliphatic rings. The number of hydrogen-bond donors (Lipinski definition) is 1. The maximum atomic E-state index is 9.70. The topological polar surface area (TPSA) is 58.7 Å². The second kappa shape index (κ2) is 8.26. The van der Waals surface area contributed by atoms with Crippen molar-refractivity contribution in [2.45, 2.75) is 45.4 Å². The van der Waals surface area contributed by atoms with E-state index in [0.717, 1.165) is 43.1 Å². The summed E-state index contributed by atoms with van der Waals surface area (Å²) in [5, 5.41) is 13.7. The Balaban J connectivity index is 1.59. The molecule has 0 aliphatic carbocycles. The van der Waals surface area contributed by atoms with Gasteiger partial charge >= 0.3 is 0 Å². The Labute approximate surface area is 161 Å². The molecule has 1 aromatic heterocycles. The molecule has 5 heteroatoms. The minimum absolute atomic E-state index is 0.201. The zero-order valence-corrected chi connectivity index (χ0v) is 16.5. The molecule has 144 valence electrons. The molecule has 0 amide bonds.